The van der Waals surface area contributed by atoms with E-state index in [1.807, 2.05) is 30.3 Å². The first kappa shape index (κ1) is 11.4. The highest BCUT2D eigenvalue weighted by atomic mass is 16.5. The molecule has 0 aliphatic heterocycles. The molecule has 17 heavy (non-hydrogen) atoms. The number of aliphatic hydroxyl groups is 1. The number of carbonyl (C=O) groups excluding carboxylic acids is 2. The van der Waals surface area contributed by atoms with Crippen molar-refractivity contribution in [1.29, 1.82) is 0 Å². The van der Waals surface area contributed by atoms with Gasteiger partial charge in [0.25, 0.3) is 0 Å². The highest BCUT2D eigenvalue weighted by Crippen LogP contribution is 2.21. The van der Waals surface area contributed by atoms with Crippen LogP contribution in [0.4, 0.5) is 0 Å². The zero-order valence-electron chi connectivity index (χ0n) is 9.13. The molecule has 1 aliphatic rings. The van der Waals surface area contributed by atoms with E-state index in [9.17, 15) is 9.59 Å². The van der Waals surface area contributed by atoms with Crippen LogP contribution in [0.25, 0.3) is 0 Å². The molecule has 4 heteroatoms. The zero-order chi connectivity index (χ0) is 12.3. The molecule has 0 bridgehead atoms. The SMILES string of the molecule is O=C1C=C(O)CC1C(=O)OCc1ccccc1. The fourth-order valence-corrected chi connectivity index (χ4v) is 1.66. The van der Waals surface area contributed by atoms with Crippen LogP contribution in [0.2, 0.25) is 0 Å². The van der Waals surface area contributed by atoms with E-state index in [0.29, 0.717) is 0 Å². The third-order valence-corrected chi connectivity index (χ3v) is 2.57. The number of rotatable bonds is 3. The molecule has 0 amide bonds. The lowest BCUT2D eigenvalue weighted by Crippen LogP contribution is -2.21. The van der Waals surface area contributed by atoms with Gasteiger partial charge in [0.15, 0.2) is 5.78 Å². The van der Waals surface area contributed by atoms with Gasteiger partial charge in [-0.3, -0.25) is 9.59 Å². The Morgan fingerprint density at radius 3 is 2.65 bits per heavy atom. The molecule has 88 valence electrons. The number of ketones is 1. The third kappa shape index (κ3) is 2.72. The van der Waals surface area contributed by atoms with Gasteiger partial charge < -0.3 is 9.84 Å². The number of hydrogen-bond donors (Lipinski definition) is 1. The smallest absolute Gasteiger partial charge is 0.317 e. The van der Waals surface area contributed by atoms with Crippen LogP contribution in [0.15, 0.2) is 42.2 Å². The summed E-state index contributed by atoms with van der Waals surface area (Å²) >= 11 is 0. The Morgan fingerprint density at radius 2 is 2.06 bits per heavy atom. The molecule has 1 N–H and O–H groups in total. The molecule has 0 saturated carbocycles. The predicted molar refractivity (Wildman–Crippen MR) is 60.1 cm³/mol. The molecule has 0 radical (unpaired) electrons. The number of esters is 1. The molecule has 1 atom stereocenters. The summed E-state index contributed by atoms with van der Waals surface area (Å²) in [4.78, 5) is 22.9. The summed E-state index contributed by atoms with van der Waals surface area (Å²) < 4.78 is 5.03. The van der Waals surface area contributed by atoms with E-state index in [0.717, 1.165) is 11.6 Å². The maximum atomic E-state index is 11.6. The maximum absolute atomic E-state index is 11.6. The highest BCUT2D eigenvalue weighted by Gasteiger charge is 2.33. The number of hydrogen-bond acceptors (Lipinski definition) is 4. The quantitative estimate of drug-likeness (QED) is 0.637. The van der Waals surface area contributed by atoms with Crippen molar-refractivity contribution in [2.45, 2.75) is 13.0 Å². The first-order valence-corrected chi connectivity index (χ1v) is 5.31. The molecular weight excluding hydrogens is 220 g/mol. The van der Waals surface area contributed by atoms with Gasteiger partial charge >= 0.3 is 5.97 Å². The average molecular weight is 232 g/mol. The average Bonchev–Trinajstić information content (AvgIpc) is 2.67. The van der Waals surface area contributed by atoms with Crippen molar-refractivity contribution < 1.29 is 19.4 Å². The fraction of sp³-hybridized carbons (Fsp3) is 0.231. The Morgan fingerprint density at radius 1 is 1.35 bits per heavy atom. The Bertz CT molecular complexity index is 462. The molecule has 1 aromatic carbocycles. The highest BCUT2D eigenvalue weighted by molar-refractivity contribution is 6.07. The molecule has 4 nitrogen and oxygen atoms in total. The summed E-state index contributed by atoms with van der Waals surface area (Å²) in [6, 6.07) is 9.22. The maximum Gasteiger partial charge on any atom is 0.317 e. The lowest BCUT2D eigenvalue weighted by atomic mass is 10.1. The molecule has 0 spiro atoms. The van der Waals surface area contributed by atoms with Gasteiger partial charge in [-0.25, -0.2) is 0 Å². The van der Waals surface area contributed by atoms with E-state index < -0.39 is 11.9 Å². The summed E-state index contributed by atoms with van der Waals surface area (Å²) in [5.74, 6) is -1.91. The Balaban J connectivity index is 1.89. The van der Waals surface area contributed by atoms with E-state index in [-0.39, 0.29) is 24.6 Å². The number of allylic oxidation sites excluding steroid dienone is 2. The van der Waals surface area contributed by atoms with Gasteiger partial charge in [-0.2, -0.15) is 0 Å². The second-order valence-electron chi connectivity index (χ2n) is 3.89. The lowest BCUT2D eigenvalue weighted by molar-refractivity contribution is -0.151. The molecule has 1 unspecified atom stereocenters. The van der Waals surface area contributed by atoms with Crippen molar-refractivity contribution in [1.82, 2.24) is 0 Å². The molecule has 1 aliphatic carbocycles. The molecule has 0 fully saturated rings. The van der Waals surface area contributed by atoms with E-state index in [2.05, 4.69) is 0 Å². The Kier molecular flexibility index (Phi) is 3.23. The molecule has 0 aromatic heterocycles. The van der Waals surface area contributed by atoms with Crippen LogP contribution in [0, 0.1) is 5.92 Å². The molecule has 1 aromatic rings. The van der Waals surface area contributed by atoms with Crippen molar-refractivity contribution in [2.24, 2.45) is 5.92 Å². The number of carbonyl (C=O) groups is 2. The van der Waals surface area contributed by atoms with Crippen LogP contribution < -0.4 is 0 Å². The fourth-order valence-electron chi connectivity index (χ4n) is 1.66. The van der Waals surface area contributed by atoms with Gasteiger partial charge in [0, 0.05) is 12.5 Å². The summed E-state index contributed by atoms with van der Waals surface area (Å²) in [6.45, 7) is 0.143. The van der Waals surface area contributed by atoms with Crippen LogP contribution in [-0.2, 0) is 20.9 Å². The van der Waals surface area contributed by atoms with E-state index in [1.165, 1.54) is 0 Å². The first-order valence-electron chi connectivity index (χ1n) is 5.31. The van der Waals surface area contributed by atoms with Gasteiger partial charge in [-0.05, 0) is 5.56 Å². The molecule has 0 saturated heterocycles. The van der Waals surface area contributed by atoms with Gasteiger partial charge in [0.2, 0.25) is 0 Å². The van der Waals surface area contributed by atoms with E-state index >= 15 is 0 Å². The first-order chi connectivity index (χ1) is 8.16. The normalized spacial score (nSPS) is 18.9. The lowest BCUT2D eigenvalue weighted by Gasteiger charge is -2.08. The van der Waals surface area contributed by atoms with Gasteiger partial charge in [0.05, 0.1) is 5.76 Å². The number of ether oxygens (including phenoxy) is 1. The Labute approximate surface area is 98.5 Å². The minimum Gasteiger partial charge on any atom is -0.512 e. The number of benzene rings is 1. The minimum atomic E-state index is -0.876. The third-order valence-electron chi connectivity index (χ3n) is 2.57. The largest absolute Gasteiger partial charge is 0.512 e. The van der Waals surface area contributed by atoms with E-state index in [4.69, 9.17) is 9.84 Å². The van der Waals surface area contributed by atoms with Gasteiger partial charge in [-0.15, -0.1) is 0 Å². The predicted octanol–water partition coefficient (Wildman–Crippen LogP) is 1.76. The molecule has 2 rings (SSSR count). The monoisotopic (exact) mass is 232 g/mol. The summed E-state index contributed by atoms with van der Waals surface area (Å²) in [6.07, 6.45) is 1.13. The second-order valence-corrected chi connectivity index (χ2v) is 3.89. The van der Waals surface area contributed by atoms with Crippen LogP contribution in [-0.4, -0.2) is 16.9 Å². The summed E-state index contributed by atoms with van der Waals surface area (Å²) in [5.41, 5.74) is 0.864. The van der Waals surface area contributed by atoms with E-state index in [1.54, 1.807) is 0 Å². The van der Waals surface area contributed by atoms with Gasteiger partial charge in [0.1, 0.15) is 12.5 Å². The van der Waals surface area contributed by atoms with Crippen LogP contribution in [0.1, 0.15) is 12.0 Å². The molecular formula is C13H12O4. The minimum absolute atomic E-state index is 0.0481. The van der Waals surface area contributed by atoms with Crippen molar-refractivity contribution in [3.63, 3.8) is 0 Å². The van der Waals surface area contributed by atoms with Gasteiger partial charge in [-0.1, -0.05) is 30.3 Å². The zero-order valence-corrected chi connectivity index (χ0v) is 9.13. The van der Waals surface area contributed by atoms with Crippen LogP contribution >= 0.6 is 0 Å². The standard InChI is InChI=1S/C13H12O4/c14-10-6-11(12(15)7-10)13(16)17-8-9-4-2-1-3-5-9/h1-5,7,11,14H,6,8H2. The second kappa shape index (κ2) is 4.82. The summed E-state index contributed by atoms with van der Waals surface area (Å²) in [5, 5.41) is 9.14. The Hall–Kier alpha value is -2.10. The van der Waals surface area contributed by atoms with Crippen molar-refractivity contribution in [3.05, 3.63) is 47.7 Å². The molecule has 0 heterocycles. The van der Waals surface area contributed by atoms with Crippen LogP contribution in [0.3, 0.4) is 0 Å². The van der Waals surface area contributed by atoms with Crippen LogP contribution in [0.5, 0.6) is 0 Å². The topological polar surface area (TPSA) is 63.6 Å². The van der Waals surface area contributed by atoms with Crippen molar-refractivity contribution >= 4 is 11.8 Å². The van der Waals surface area contributed by atoms with Crippen molar-refractivity contribution in [3.8, 4) is 0 Å². The van der Waals surface area contributed by atoms with Crippen molar-refractivity contribution in [2.75, 3.05) is 0 Å². The number of aliphatic hydroxyl groups excluding tert-OH is 1. The summed E-state index contributed by atoms with van der Waals surface area (Å²) in [7, 11) is 0.